The molecule has 1 aliphatic rings. The van der Waals surface area contributed by atoms with Crippen molar-refractivity contribution in [1.82, 2.24) is 15.1 Å². The van der Waals surface area contributed by atoms with E-state index in [1.54, 1.807) is 13.2 Å². The Morgan fingerprint density at radius 2 is 2.17 bits per heavy atom. The zero-order valence-corrected chi connectivity index (χ0v) is 18.0. The number of morpholine rings is 1. The molecule has 1 aromatic rings. The van der Waals surface area contributed by atoms with Crippen LogP contribution in [-0.2, 0) is 15.7 Å². The van der Waals surface area contributed by atoms with Crippen molar-refractivity contribution in [3.05, 3.63) is 35.4 Å². The van der Waals surface area contributed by atoms with Gasteiger partial charge in [0.2, 0.25) is 0 Å². The Bertz CT molecular complexity index is 670. The molecule has 0 radical (unpaired) electrons. The van der Waals surface area contributed by atoms with Gasteiger partial charge in [0.15, 0.2) is 5.96 Å². The van der Waals surface area contributed by atoms with Crippen molar-refractivity contribution in [2.75, 3.05) is 66.6 Å². The molecule has 0 aromatic heterocycles. The SMILES string of the molecule is CCNC(=NCCCN(C)CCOC)N1CCOC(c2cccc(C(F)(F)F)c2)C1. The van der Waals surface area contributed by atoms with E-state index in [9.17, 15) is 13.2 Å². The zero-order chi connectivity index (χ0) is 22.0. The lowest BCUT2D eigenvalue weighted by molar-refractivity contribution is -0.137. The van der Waals surface area contributed by atoms with Crippen molar-refractivity contribution in [1.29, 1.82) is 0 Å². The van der Waals surface area contributed by atoms with E-state index in [1.165, 1.54) is 12.1 Å². The van der Waals surface area contributed by atoms with Gasteiger partial charge in [0.25, 0.3) is 0 Å². The van der Waals surface area contributed by atoms with Gasteiger partial charge in [0.05, 0.1) is 25.3 Å². The molecule has 170 valence electrons. The van der Waals surface area contributed by atoms with E-state index in [-0.39, 0.29) is 0 Å². The van der Waals surface area contributed by atoms with Gasteiger partial charge in [-0.25, -0.2) is 0 Å². The van der Waals surface area contributed by atoms with Crippen LogP contribution in [0.25, 0.3) is 0 Å². The molecule has 0 bridgehead atoms. The number of rotatable bonds is 9. The minimum Gasteiger partial charge on any atom is -0.383 e. The molecule has 0 amide bonds. The summed E-state index contributed by atoms with van der Waals surface area (Å²) in [7, 11) is 3.74. The molecule has 6 nitrogen and oxygen atoms in total. The van der Waals surface area contributed by atoms with Crippen LogP contribution in [0.15, 0.2) is 29.3 Å². The van der Waals surface area contributed by atoms with Crippen molar-refractivity contribution in [2.24, 2.45) is 4.99 Å². The van der Waals surface area contributed by atoms with Gasteiger partial charge in [-0.05, 0) is 44.6 Å². The fraction of sp³-hybridized carbons (Fsp3) is 0.667. The van der Waals surface area contributed by atoms with E-state index in [2.05, 4.69) is 22.2 Å². The topological polar surface area (TPSA) is 49.3 Å². The monoisotopic (exact) mass is 430 g/mol. The molecule has 1 unspecified atom stereocenters. The lowest BCUT2D eigenvalue weighted by atomic mass is 10.0. The maximum absolute atomic E-state index is 13.0. The van der Waals surface area contributed by atoms with Gasteiger partial charge < -0.3 is 24.6 Å². The van der Waals surface area contributed by atoms with Crippen LogP contribution in [-0.4, -0.2) is 82.4 Å². The molecule has 0 aliphatic carbocycles. The molecule has 0 spiro atoms. The first-order valence-electron chi connectivity index (χ1n) is 10.3. The highest BCUT2D eigenvalue weighted by molar-refractivity contribution is 5.80. The van der Waals surface area contributed by atoms with Gasteiger partial charge in [-0.1, -0.05) is 12.1 Å². The van der Waals surface area contributed by atoms with Crippen molar-refractivity contribution >= 4 is 5.96 Å². The van der Waals surface area contributed by atoms with Crippen molar-refractivity contribution in [3.8, 4) is 0 Å². The maximum Gasteiger partial charge on any atom is 0.416 e. The predicted octanol–water partition coefficient (Wildman–Crippen LogP) is 3.01. The summed E-state index contributed by atoms with van der Waals surface area (Å²) in [6.07, 6.45) is -3.88. The number of hydrogen-bond donors (Lipinski definition) is 1. The van der Waals surface area contributed by atoms with E-state index in [1.807, 2.05) is 6.92 Å². The lowest BCUT2D eigenvalue weighted by Gasteiger charge is -2.35. The van der Waals surface area contributed by atoms with Crippen LogP contribution >= 0.6 is 0 Å². The molecule has 1 N–H and O–H groups in total. The third-order valence-electron chi connectivity index (χ3n) is 4.92. The normalized spacial score (nSPS) is 18.2. The Balaban J connectivity index is 1.98. The number of alkyl halides is 3. The first-order valence-corrected chi connectivity index (χ1v) is 10.3. The van der Waals surface area contributed by atoms with Crippen LogP contribution in [0.4, 0.5) is 13.2 Å². The number of ether oxygens (including phenoxy) is 2. The minimum atomic E-state index is -4.36. The predicted molar refractivity (Wildman–Crippen MR) is 112 cm³/mol. The summed E-state index contributed by atoms with van der Waals surface area (Å²) in [5, 5.41) is 3.29. The summed E-state index contributed by atoms with van der Waals surface area (Å²) in [4.78, 5) is 8.97. The smallest absolute Gasteiger partial charge is 0.383 e. The summed E-state index contributed by atoms with van der Waals surface area (Å²) in [6, 6.07) is 5.37. The van der Waals surface area contributed by atoms with Gasteiger partial charge >= 0.3 is 6.18 Å². The number of aliphatic imine (C=N–C) groups is 1. The molecule has 1 aliphatic heterocycles. The van der Waals surface area contributed by atoms with Crippen LogP contribution < -0.4 is 5.32 Å². The van der Waals surface area contributed by atoms with Gasteiger partial charge in [0.1, 0.15) is 6.10 Å². The Labute approximate surface area is 177 Å². The van der Waals surface area contributed by atoms with E-state index < -0.39 is 17.8 Å². The molecule has 2 rings (SSSR count). The Morgan fingerprint density at radius 1 is 1.37 bits per heavy atom. The summed E-state index contributed by atoms with van der Waals surface area (Å²) in [5.74, 6) is 0.775. The standard InChI is InChI=1S/C21H33F3N4O2/c1-4-25-20(26-9-6-10-27(2)11-13-29-3)28-12-14-30-19(16-28)17-7-5-8-18(15-17)21(22,23)24/h5,7-8,15,19H,4,6,9-14,16H2,1-3H3,(H,25,26). The van der Waals surface area contributed by atoms with Gasteiger partial charge in [-0.3, -0.25) is 4.99 Å². The fourth-order valence-corrected chi connectivity index (χ4v) is 3.27. The molecule has 1 atom stereocenters. The fourth-order valence-electron chi connectivity index (χ4n) is 3.27. The number of halogens is 3. The van der Waals surface area contributed by atoms with Gasteiger partial charge in [-0.15, -0.1) is 0 Å². The molecule has 1 saturated heterocycles. The maximum atomic E-state index is 13.0. The number of nitrogens with zero attached hydrogens (tertiary/aromatic N) is 3. The number of hydrogen-bond acceptors (Lipinski definition) is 4. The van der Waals surface area contributed by atoms with Crippen molar-refractivity contribution < 1.29 is 22.6 Å². The largest absolute Gasteiger partial charge is 0.416 e. The number of likely N-dealkylation sites (N-methyl/N-ethyl adjacent to an activating group) is 1. The number of methoxy groups -OCH3 is 1. The van der Waals surface area contributed by atoms with E-state index in [0.717, 1.165) is 38.1 Å². The highest BCUT2D eigenvalue weighted by Gasteiger charge is 2.32. The number of nitrogens with one attached hydrogen (secondary N) is 1. The molecular weight excluding hydrogens is 397 g/mol. The molecule has 9 heteroatoms. The quantitative estimate of drug-likeness (QED) is 0.371. The highest BCUT2D eigenvalue weighted by atomic mass is 19.4. The second kappa shape index (κ2) is 12.1. The summed E-state index contributed by atoms with van der Waals surface area (Å²) >= 11 is 0. The second-order valence-electron chi connectivity index (χ2n) is 7.31. The van der Waals surface area contributed by atoms with Crippen LogP contribution in [0.5, 0.6) is 0 Å². The number of benzene rings is 1. The third-order valence-corrected chi connectivity index (χ3v) is 4.92. The van der Waals surface area contributed by atoms with Gasteiger partial charge in [-0.2, -0.15) is 13.2 Å². The van der Waals surface area contributed by atoms with Crippen LogP contribution in [0.2, 0.25) is 0 Å². The van der Waals surface area contributed by atoms with Crippen molar-refractivity contribution in [2.45, 2.75) is 25.6 Å². The van der Waals surface area contributed by atoms with E-state index in [4.69, 9.17) is 14.5 Å². The third kappa shape index (κ3) is 7.77. The second-order valence-corrected chi connectivity index (χ2v) is 7.31. The highest BCUT2D eigenvalue weighted by Crippen LogP contribution is 2.32. The zero-order valence-electron chi connectivity index (χ0n) is 18.0. The van der Waals surface area contributed by atoms with E-state index in [0.29, 0.717) is 38.4 Å². The minimum absolute atomic E-state index is 0.426. The average molecular weight is 431 g/mol. The first-order chi connectivity index (χ1) is 14.3. The average Bonchev–Trinajstić information content (AvgIpc) is 2.74. The molecule has 0 saturated carbocycles. The molecule has 1 heterocycles. The van der Waals surface area contributed by atoms with Crippen molar-refractivity contribution in [3.63, 3.8) is 0 Å². The van der Waals surface area contributed by atoms with Gasteiger partial charge in [0, 0.05) is 33.3 Å². The van der Waals surface area contributed by atoms with Crippen LogP contribution in [0.3, 0.4) is 0 Å². The van der Waals surface area contributed by atoms with Crippen LogP contribution in [0.1, 0.15) is 30.6 Å². The lowest BCUT2D eigenvalue weighted by Crippen LogP contribution is -2.48. The summed E-state index contributed by atoms with van der Waals surface area (Å²) in [6.45, 7) is 7.43. The summed E-state index contributed by atoms with van der Waals surface area (Å²) < 4.78 is 50.0. The Morgan fingerprint density at radius 3 is 2.87 bits per heavy atom. The molecule has 1 fully saturated rings. The number of guanidine groups is 1. The van der Waals surface area contributed by atoms with E-state index >= 15 is 0 Å². The molecule has 1 aromatic carbocycles. The Hall–Kier alpha value is -1.84. The summed E-state index contributed by atoms with van der Waals surface area (Å²) in [5.41, 5.74) is -0.121. The molecule has 30 heavy (non-hydrogen) atoms. The van der Waals surface area contributed by atoms with Crippen LogP contribution in [0, 0.1) is 0 Å². The first kappa shape index (κ1) is 24.4. The molecular formula is C21H33F3N4O2. The Kier molecular flexibility index (Phi) is 9.87.